The van der Waals surface area contributed by atoms with Crippen molar-refractivity contribution in [1.82, 2.24) is 19.9 Å². The Kier molecular flexibility index (Phi) is 6.46. The number of nitrogens with one attached hydrogen (secondary N) is 2. The van der Waals surface area contributed by atoms with E-state index in [-0.39, 0.29) is 37.3 Å². The lowest BCUT2D eigenvalue weighted by molar-refractivity contribution is -0.135. The molecule has 1 fully saturated rings. The standard InChI is InChI=1S/C23H23ClN5O4/c1-13-6-7-16(10-17(13)24)25-12-28(33)11-15-4-3-5-18-21(15)23(32)29(14(2)26-18)19-8-9-20(30)27-22(19)31/h3-7,10,19,25H,8-9,11-12H2,1-2H3,(H,27,30,31)/q-1. The summed E-state index contributed by atoms with van der Waals surface area (Å²) in [5.74, 6) is -0.515. The Bertz CT molecular complexity index is 1310. The third kappa shape index (κ3) is 4.75. The molecular formula is C23H23ClN5O4-. The number of rotatable bonds is 6. The van der Waals surface area contributed by atoms with E-state index in [0.717, 1.165) is 10.6 Å². The predicted molar refractivity (Wildman–Crippen MR) is 126 cm³/mol. The Hall–Kier alpha value is -3.27. The number of aromatic nitrogens is 2. The number of nitrogens with zero attached hydrogens (tertiary/aromatic N) is 3. The van der Waals surface area contributed by atoms with Crippen LogP contribution in [-0.2, 0) is 16.1 Å². The van der Waals surface area contributed by atoms with Crippen LogP contribution in [0.1, 0.15) is 35.8 Å². The topological polar surface area (TPSA) is 119 Å². The van der Waals surface area contributed by atoms with Crippen molar-refractivity contribution in [2.45, 2.75) is 39.3 Å². The van der Waals surface area contributed by atoms with Crippen LogP contribution in [0, 0.1) is 19.1 Å². The second kappa shape index (κ2) is 9.30. The average molecular weight is 469 g/mol. The molecule has 33 heavy (non-hydrogen) atoms. The molecule has 2 amide bonds. The zero-order chi connectivity index (χ0) is 23.7. The summed E-state index contributed by atoms with van der Waals surface area (Å²) in [5, 5.41) is 19.6. The van der Waals surface area contributed by atoms with Gasteiger partial charge in [-0.3, -0.25) is 24.3 Å². The van der Waals surface area contributed by atoms with Crippen LogP contribution in [0.4, 0.5) is 5.69 Å². The maximum atomic E-state index is 13.4. The van der Waals surface area contributed by atoms with Gasteiger partial charge in [-0.15, -0.1) is 0 Å². The lowest BCUT2D eigenvalue weighted by Gasteiger charge is -2.29. The van der Waals surface area contributed by atoms with Crippen LogP contribution in [0.25, 0.3) is 10.9 Å². The Morgan fingerprint density at radius 3 is 2.76 bits per heavy atom. The summed E-state index contributed by atoms with van der Waals surface area (Å²) in [5.41, 5.74) is 2.19. The predicted octanol–water partition coefficient (Wildman–Crippen LogP) is 3.01. The lowest BCUT2D eigenvalue weighted by atomic mass is 10.0. The van der Waals surface area contributed by atoms with Crippen LogP contribution in [0.15, 0.2) is 41.2 Å². The molecule has 1 unspecified atom stereocenters. The van der Waals surface area contributed by atoms with Gasteiger partial charge in [-0.05, 0) is 49.6 Å². The van der Waals surface area contributed by atoms with Crippen molar-refractivity contribution >= 4 is 40.0 Å². The summed E-state index contributed by atoms with van der Waals surface area (Å²) in [7, 11) is 0. The highest BCUT2D eigenvalue weighted by molar-refractivity contribution is 6.31. The van der Waals surface area contributed by atoms with Crippen LogP contribution in [-0.4, -0.2) is 33.1 Å². The van der Waals surface area contributed by atoms with E-state index in [2.05, 4.69) is 15.6 Å². The molecule has 2 heterocycles. The summed E-state index contributed by atoms with van der Waals surface area (Å²) >= 11 is 6.13. The molecule has 10 heteroatoms. The van der Waals surface area contributed by atoms with Crippen molar-refractivity contribution in [3.63, 3.8) is 0 Å². The number of halogens is 1. The number of aryl methyl sites for hydroxylation is 2. The SMILES string of the molecule is Cc1ccc(NCN([O-])Cc2cccc3nc(C)n(C4CCC(=O)NC4=O)c(=O)c23)cc1Cl. The van der Waals surface area contributed by atoms with Crippen molar-refractivity contribution in [2.75, 3.05) is 12.0 Å². The smallest absolute Gasteiger partial charge is 0.262 e. The van der Waals surface area contributed by atoms with E-state index in [1.165, 1.54) is 4.57 Å². The van der Waals surface area contributed by atoms with Gasteiger partial charge in [0.05, 0.1) is 17.6 Å². The maximum absolute atomic E-state index is 13.4. The highest BCUT2D eigenvalue weighted by atomic mass is 35.5. The van der Waals surface area contributed by atoms with Crippen LogP contribution in [0.2, 0.25) is 5.02 Å². The summed E-state index contributed by atoms with van der Waals surface area (Å²) in [6.07, 6.45) is 0.364. The van der Waals surface area contributed by atoms with Crippen LogP contribution in [0.5, 0.6) is 0 Å². The van der Waals surface area contributed by atoms with Crippen LogP contribution < -0.4 is 16.2 Å². The summed E-state index contributed by atoms with van der Waals surface area (Å²) in [6, 6.07) is 9.74. The first kappa shape index (κ1) is 22.9. The molecule has 1 aliphatic heterocycles. The van der Waals surface area contributed by atoms with E-state index < -0.39 is 17.5 Å². The fourth-order valence-electron chi connectivity index (χ4n) is 3.98. The molecule has 1 aromatic heterocycles. The largest absolute Gasteiger partial charge is 0.784 e. The average Bonchev–Trinajstić information content (AvgIpc) is 2.76. The second-order valence-corrected chi connectivity index (χ2v) is 8.46. The number of imide groups is 1. The molecule has 1 saturated heterocycles. The number of hydrogen-bond acceptors (Lipinski definition) is 7. The monoisotopic (exact) mass is 468 g/mol. The number of fused-ring (bicyclic) bond motifs is 1. The molecule has 0 radical (unpaired) electrons. The van der Waals surface area contributed by atoms with E-state index in [1.54, 1.807) is 31.2 Å². The molecule has 1 atom stereocenters. The highest BCUT2D eigenvalue weighted by Crippen LogP contribution is 2.23. The molecule has 0 aliphatic carbocycles. The zero-order valence-electron chi connectivity index (χ0n) is 18.2. The van der Waals surface area contributed by atoms with Crippen molar-refractivity contribution in [2.24, 2.45) is 0 Å². The van der Waals surface area contributed by atoms with Gasteiger partial charge in [-0.1, -0.05) is 29.8 Å². The third-order valence-electron chi connectivity index (χ3n) is 5.69. The molecular weight excluding hydrogens is 446 g/mol. The Labute approximate surface area is 194 Å². The number of amides is 2. The van der Waals surface area contributed by atoms with Gasteiger partial charge in [0.1, 0.15) is 11.9 Å². The molecule has 2 N–H and O–H groups in total. The molecule has 4 rings (SSSR count). The van der Waals surface area contributed by atoms with E-state index in [0.29, 0.717) is 27.6 Å². The van der Waals surface area contributed by atoms with Crippen molar-refractivity contribution < 1.29 is 9.59 Å². The molecule has 3 aromatic rings. The molecule has 0 saturated carbocycles. The minimum Gasteiger partial charge on any atom is -0.784 e. The van der Waals surface area contributed by atoms with Gasteiger partial charge in [-0.25, -0.2) is 4.98 Å². The Morgan fingerprint density at radius 2 is 2.03 bits per heavy atom. The number of hydroxylamine groups is 2. The minimum atomic E-state index is -0.823. The fraction of sp³-hybridized carbons (Fsp3) is 0.304. The summed E-state index contributed by atoms with van der Waals surface area (Å²) in [6.45, 7) is 3.47. The second-order valence-electron chi connectivity index (χ2n) is 8.05. The third-order valence-corrected chi connectivity index (χ3v) is 6.10. The number of benzene rings is 2. The van der Waals surface area contributed by atoms with Gasteiger partial charge in [0.2, 0.25) is 11.8 Å². The molecule has 2 aromatic carbocycles. The van der Waals surface area contributed by atoms with Crippen LogP contribution >= 0.6 is 11.6 Å². The van der Waals surface area contributed by atoms with Gasteiger partial charge in [0.15, 0.2) is 0 Å². The normalized spacial score (nSPS) is 16.3. The number of carbonyl (C=O) groups excluding carboxylic acids is 2. The van der Waals surface area contributed by atoms with E-state index in [4.69, 9.17) is 11.6 Å². The Morgan fingerprint density at radius 1 is 1.24 bits per heavy atom. The number of piperidine rings is 1. The van der Waals surface area contributed by atoms with Gasteiger partial charge in [-0.2, -0.15) is 0 Å². The van der Waals surface area contributed by atoms with E-state index in [9.17, 15) is 19.6 Å². The molecule has 1 aliphatic rings. The van der Waals surface area contributed by atoms with Gasteiger partial charge < -0.3 is 15.6 Å². The van der Waals surface area contributed by atoms with Crippen molar-refractivity contribution in [3.05, 3.63) is 73.9 Å². The van der Waals surface area contributed by atoms with E-state index in [1.807, 2.05) is 19.1 Å². The number of carbonyl (C=O) groups is 2. The highest BCUT2D eigenvalue weighted by Gasteiger charge is 2.30. The molecule has 9 nitrogen and oxygen atoms in total. The first-order valence-corrected chi connectivity index (χ1v) is 10.9. The summed E-state index contributed by atoms with van der Waals surface area (Å²) in [4.78, 5) is 41.8. The number of anilines is 1. The van der Waals surface area contributed by atoms with Crippen LogP contribution in [0.3, 0.4) is 0 Å². The fourth-order valence-corrected chi connectivity index (χ4v) is 4.16. The molecule has 172 valence electrons. The van der Waals surface area contributed by atoms with Crippen molar-refractivity contribution in [1.29, 1.82) is 0 Å². The van der Waals surface area contributed by atoms with Gasteiger partial charge in [0.25, 0.3) is 5.56 Å². The number of hydrogen-bond donors (Lipinski definition) is 2. The first-order chi connectivity index (χ1) is 15.7. The minimum absolute atomic E-state index is 0.0175. The first-order valence-electron chi connectivity index (χ1n) is 10.5. The van der Waals surface area contributed by atoms with Gasteiger partial charge in [0, 0.05) is 23.7 Å². The van der Waals surface area contributed by atoms with Crippen molar-refractivity contribution in [3.8, 4) is 0 Å². The Balaban J connectivity index is 1.61. The quantitative estimate of drug-likeness (QED) is 0.324. The molecule has 0 bridgehead atoms. The lowest BCUT2D eigenvalue weighted by Crippen LogP contribution is -2.45. The van der Waals surface area contributed by atoms with Gasteiger partial charge >= 0.3 is 0 Å². The molecule has 0 spiro atoms. The van der Waals surface area contributed by atoms with E-state index >= 15 is 0 Å². The zero-order valence-corrected chi connectivity index (χ0v) is 19.0. The maximum Gasteiger partial charge on any atom is 0.262 e. The summed E-state index contributed by atoms with van der Waals surface area (Å²) < 4.78 is 1.31.